The third-order valence-electron chi connectivity index (χ3n) is 2.25. The quantitative estimate of drug-likeness (QED) is 0.821. The average Bonchev–Trinajstić information content (AvgIpc) is 2.20. The van der Waals surface area contributed by atoms with Crippen molar-refractivity contribution in [3.63, 3.8) is 0 Å². The highest BCUT2D eigenvalue weighted by Gasteiger charge is 2.15. The standard InChI is InChI=1S/C11H13ClFO/c1-3-11(14)7(2)8-4-5-10(13)9(12)6-8/h4-7,11,14H,2-3H2,1H3. The maximum atomic E-state index is 12.8. The molecule has 1 nitrogen and oxygen atoms in total. The summed E-state index contributed by atoms with van der Waals surface area (Å²) >= 11 is 5.62. The second kappa shape index (κ2) is 4.76. The Morgan fingerprint density at radius 2 is 2.21 bits per heavy atom. The van der Waals surface area contributed by atoms with Crippen LogP contribution in [0.4, 0.5) is 4.39 Å². The predicted octanol–water partition coefficient (Wildman–Crippen LogP) is 3.17. The van der Waals surface area contributed by atoms with Gasteiger partial charge in [0.1, 0.15) is 5.82 Å². The first kappa shape index (κ1) is 11.5. The van der Waals surface area contributed by atoms with E-state index in [1.165, 1.54) is 12.1 Å². The summed E-state index contributed by atoms with van der Waals surface area (Å²) < 4.78 is 12.8. The van der Waals surface area contributed by atoms with Gasteiger partial charge in [-0.05, 0) is 31.0 Å². The van der Waals surface area contributed by atoms with E-state index in [4.69, 9.17) is 11.6 Å². The van der Waals surface area contributed by atoms with E-state index in [1.807, 2.05) is 6.92 Å². The highest BCUT2D eigenvalue weighted by Crippen LogP contribution is 2.25. The second-order valence-electron chi connectivity index (χ2n) is 3.26. The fraction of sp³-hybridized carbons (Fsp3) is 0.364. The van der Waals surface area contributed by atoms with Crippen LogP contribution in [0.15, 0.2) is 18.2 Å². The molecule has 1 radical (unpaired) electrons. The van der Waals surface area contributed by atoms with E-state index in [0.29, 0.717) is 6.42 Å². The van der Waals surface area contributed by atoms with E-state index in [0.717, 1.165) is 5.56 Å². The van der Waals surface area contributed by atoms with Crippen molar-refractivity contribution in [1.82, 2.24) is 0 Å². The minimum atomic E-state index is -0.517. The number of rotatable bonds is 3. The van der Waals surface area contributed by atoms with E-state index < -0.39 is 11.9 Å². The lowest BCUT2D eigenvalue weighted by Gasteiger charge is -2.17. The number of hydrogen-bond donors (Lipinski definition) is 1. The van der Waals surface area contributed by atoms with E-state index in [1.54, 1.807) is 6.07 Å². The molecular weight excluding hydrogens is 203 g/mol. The highest BCUT2D eigenvalue weighted by molar-refractivity contribution is 6.30. The molecule has 1 aromatic carbocycles. The summed E-state index contributed by atoms with van der Waals surface area (Å²) in [6, 6.07) is 4.39. The smallest absolute Gasteiger partial charge is 0.141 e. The Bertz CT molecular complexity index is 314. The number of halogens is 2. The molecule has 14 heavy (non-hydrogen) atoms. The lowest BCUT2D eigenvalue weighted by Crippen LogP contribution is -2.14. The first-order chi connectivity index (χ1) is 6.56. The highest BCUT2D eigenvalue weighted by atomic mass is 35.5. The summed E-state index contributed by atoms with van der Waals surface area (Å²) in [7, 11) is 0. The van der Waals surface area contributed by atoms with Crippen LogP contribution in [0.1, 0.15) is 24.8 Å². The fourth-order valence-corrected chi connectivity index (χ4v) is 1.44. The summed E-state index contributed by atoms with van der Waals surface area (Å²) in [6.07, 6.45) is 0.0971. The maximum Gasteiger partial charge on any atom is 0.141 e. The molecule has 0 saturated carbocycles. The van der Waals surface area contributed by atoms with Gasteiger partial charge in [0, 0.05) is 5.92 Å². The molecule has 1 aromatic rings. The zero-order valence-electron chi connectivity index (χ0n) is 8.00. The molecule has 3 heteroatoms. The van der Waals surface area contributed by atoms with Gasteiger partial charge in [-0.1, -0.05) is 24.6 Å². The zero-order valence-corrected chi connectivity index (χ0v) is 8.76. The normalized spacial score (nSPS) is 15.2. The number of hydrogen-bond acceptors (Lipinski definition) is 1. The van der Waals surface area contributed by atoms with Crippen LogP contribution in [0, 0.1) is 12.7 Å². The summed E-state index contributed by atoms with van der Waals surface area (Å²) in [6.45, 7) is 5.69. The average molecular weight is 216 g/mol. The second-order valence-corrected chi connectivity index (χ2v) is 3.66. The van der Waals surface area contributed by atoms with Crippen LogP contribution in [0.2, 0.25) is 5.02 Å². The molecule has 77 valence electrons. The van der Waals surface area contributed by atoms with Crippen LogP contribution in [0.3, 0.4) is 0 Å². The third-order valence-corrected chi connectivity index (χ3v) is 2.54. The van der Waals surface area contributed by atoms with Crippen molar-refractivity contribution < 1.29 is 9.50 Å². The summed E-state index contributed by atoms with van der Waals surface area (Å²) in [5.74, 6) is -0.716. The fourth-order valence-electron chi connectivity index (χ4n) is 1.25. The predicted molar refractivity (Wildman–Crippen MR) is 55.8 cm³/mol. The van der Waals surface area contributed by atoms with E-state index in [-0.39, 0.29) is 10.9 Å². The van der Waals surface area contributed by atoms with Crippen molar-refractivity contribution in [1.29, 1.82) is 0 Å². The van der Waals surface area contributed by atoms with Crippen LogP contribution in [0.5, 0.6) is 0 Å². The van der Waals surface area contributed by atoms with E-state index in [2.05, 4.69) is 6.92 Å². The first-order valence-corrected chi connectivity index (χ1v) is 4.90. The molecule has 0 saturated heterocycles. The van der Waals surface area contributed by atoms with Crippen molar-refractivity contribution in [2.45, 2.75) is 25.4 Å². The molecule has 0 aromatic heterocycles. The summed E-state index contributed by atoms with van der Waals surface area (Å²) in [5.41, 5.74) is 0.755. The third kappa shape index (κ3) is 2.46. The molecule has 2 unspecified atom stereocenters. The van der Waals surface area contributed by atoms with Gasteiger partial charge in [0.05, 0.1) is 11.1 Å². The van der Waals surface area contributed by atoms with Gasteiger partial charge >= 0.3 is 0 Å². The van der Waals surface area contributed by atoms with Gasteiger partial charge in [-0.25, -0.2) is 4.39 Å². The Morgan fingerprint density at radius 3 is 2.71 bits per heavy atom. The molecule has 2 atom stereocenters. The largest absolute Gasteiger partial charge is 0.393 e. The molecule has 0 fully saturated rings. The molecule has 1 N–H and O–H groups in total. The molecule has 0 bridgehead atoms. The van der Waals surface area contributed by atoms with E-state index >= 15 is 0 Å². The van der Waals surface area contributed by atoms with Gasteiger partial charge < -0.3 is 5.11 Å². The van der Waals surface area contributed by atoms with Crippen LogP contribution in [-0.4, -0.2) is 11.2 Å². The molecule has 0 aliphatic rings. The molecule has 1 rings (SSSR count). The van der Waals surface area contributed by atoms with Crippen LogP contribution >= 0.6 is 11.6 Å². The molecule has 0 aliphatic carbocycles. The monoisotopic (exact) mass is 215 g/mol. The van der Waals surface area contributed by atoms with Gasteiger partial charge in [0.15, 0.2) is 0 Å². The summed E-state index contributed by atoms with van der Waals surface area (Å²) in [4.78, 5) is 0. The minimum absolute atomic E-state index is 0.0689. The number of benzene rings is 1. The van der Waals surface area contributed by atoms with Crippen LogP contribution in [0.25, 0.3) is 0 Å². The Hall–Kier alpha value is -0.600. The van der Waals surface area contributed by atoms with Crippen molar-refractivity contribution in [2.24, 2.45) is 0 Å². The van der Waals surface area contributed by atoms with Gasteiger partial charge in [0.2, 0.25) is 0 Å². The van der Waals surface area contributed by atoms with Gasteiger partial charge in [-0.15, -0.1) is 0 Å². The topological polar surface area (TPSA) is 20.2 Å². The Labute approximate surface area is 88.5 Å². The van der Waals surface area contributed by atoms with E-state index in [9.17, 15) is 9.50 Å². The number of aliphatic hydroxyl groups excluding tert-OH is 1. The maximum absolute atomic E-state index is 12.8. The SMILES string of the molecule is [CH2]C(c1ccc(F)c(Cl)c1)C(O)CC. The summed E-state index contributed by atoms with van der Waals surface area (Å²) in [5, 5.41) is 9.61. The lowest BCUT2D eigenvalue weighted by molar-refractivity contribution is 0.154. The van der Waals surface area contributed by atoms with Crippen molar-refractivity contribution in [3.05, 3.63) is 41.5 Å². The van der Waals surface area contributed by atoms with Crippen molar-refractivity contribution in [3.8, 4) is 0 Å². The van der Waals surface area contributed by atoms with Crippen LogP contribution in [-0.2, 0) is 0 Å². The molecule has 0 heterocycles. The molecule has 0 aliphatic heterocycles. The van der Waals surface area contributed by atoms with Crippen molar-refractivity contribution >= 4 is 11.6 Å². The van der Waals surface area contributed by atoms with Gasteiger partial charge in [0.25, 0.3) is 0 Å². The molecule has 0 amide bonds. The molecule has 0 spiro atoms. The Morgan fingerprint density at radius 1 is 1.57 bits per heavy atom. The Balaban J connectivity index is 2.91. The number of aliphatic hydroxyl groups is 1. The van der Waals surface area contributed by atoms with Gasteiger partial charge in [-0.2, -0.15) is 0 Å². The zero-order chi connectivity index (χ0) is 10.7. The van der Waals surface area contributed by atoms with Crippen LogP contribution < -0.4 is 0 Å². The van der Waals surface area contributed by atoms with Gasteiger partial charge in [-0.3, -0.25) is 0 Å². The van der Waals surface area contributed by atoms with Crippen molar-refractivity contribution in [2.75, 3.05) is 0 Å². The lowest BCUT2D eigenvalue weighted by atomic mass is 9.94. The first-order valence-electron chi connectivity index (χ1n) is 4.52. The minimum Gasteiger partial charge on any atom is -0.393 e. The Kier molecular flexibility index (Phi) is 3.90. The molecular formula is C11H13ClFO.